The van der Waals surface area contributed by atoms with Crippen LogP contribution in [0.5, 0.6) is 0 Å². The molecule has 0 radical (unpaired) electrons. The van der Waals surface area contributed by atoms with Gasteiger partial charge in [-0.1, -0.05) is 12.1 Å². The molecule has 0 unspecified atom stereocenters. The zero-order valence-electron chi connectivity index (χ0n) is 21.5. The van der Waals surface area contributed by atoms with Crippen LogP contribution < -0.4 is 5.32 Å². The van der Waals surface area contributed by atoms with Gasteiger partial charge in [0, 0.05) is 76.8 Å². The highest BCUT2D eigenvalue weighted by molar-refractivity contribution is 7.89. The van der Waals surface area contributed by atoms with E-state index in [0.29, 0.717) is 49.6 Å². The number of nitrogens with one attached hydrogen (secondary N) is 1. The van der Waals surface area contributed by atoms with E-state index in [2.05, 4.69) is 29.0 Å². The average Bonchev–Trinajstić information content (AvgIpc) is 3.62. The van der Waals surface area contributed by atoms with E-state index in [9.17, 15) is 13.2 Å². The fourth-order valence-corrected chi connectivity index (χ4v) is 6.92. The molecule has 0 aromatic heterocycles. The Balaban J connectivity index is 1.24. The van der Waals surface area contributed by atoms with Crippen molar-refractivity contribution in [1.29, 1.82) is 0 Å². The van der Waals surface area contributed by atoms with Gasteiger partial charge < -0.3 is 10.1 Å². The van der Waals surface area contributed by atoms with Crippen molar-refractivity contribution in [1.82, 2.24) is 19.4 Å². The molecule has 3 aliphatic rings. The minimum Gasteiger partial charge on any atom is -0.384 e. The molecule has 9 heteroatoms. The first-order valence-corrected chi connectivity index (χ1v) is 14.5. The summed E-state index contributed by atoms with van der Waals surface area (Å²) in [5.41, 5.74) is 0.917. The number of methoxy groups -OCH3 is 1. The van der Waals surface area contributed by atoms with Crippen LogP contribution in [-0.2, 0) is 26.1 Å². The molecule has 2 heterocycles. The Kier molecular flexibility index (Phi) is 8.53. The number of piperidine rings is 1. The van der Waals surface area contributed by atoms with E-state index < -0.39 is 10.0 Å². The summed E-state index contributed by atoms with van der Waals surface area (Å²) in [6.07, 6.45) is 4.32. The molecule has 1 N–H and O–H groups in total. The monoisotopic (exact) mass is 506 g/mol. The molecule has 35 heavy (non-hydrogen) atoms. The number of piperazine rings is 1. The van der Waals surface area contributed by atoms with E-state index in [1.54, 1.807) is 35.7 Å². The van der Waals surface area contributed by atoms with E-state index >= 15 is 0 Å². The summed E-state index contributed by atoms with van der Waals surface area (Å²) in [5.74, 6) is 0.0183. The van der Waals surface area contributed by atoms with Gasteiger partial charge in [0.25, 0.3) is 0 Å². The Hall–Kier alpha value is -1.52. The predicted octanol–water partition coefficient (Wildman–Crippen LogP) is 2.30. The molecule has 0 spiro atoms. The average molecular weight is 507 g/mol. The van der Waals surface area contributed by atoms with Crippen molar-refractivity contribution in [3.63, 3.8) is 0 Å². The molecule has 2 aliphatic heterocycles. The third kappa shape index (κ3) is 6.63. The molecule has 1 aliphatic carbocycles. The maximum Gasteiger partial charge on any atom is 0.243 e. The normalized spacial score (nSPS) is 22.4. The highest BCUT2D eigenvalue weighted by Crippen LogP contribution is 2.48. The second-order valence-corrected chi connectivity index (χ2v) is 12.8. The van der Waals surface area contributed by atoms with Gasteiger partial charge in [0.1, 0.15) is 0 Å². The molecule has 1 aromatic rings. The van der Waals surface area contributed by atoms with Crippen molar-refractivity contribution in [2.75, 3.05) is 53.0 Å². The Morgan fingerprint density at radius 1 is 1.06 bits per heavy atom. The highest BCUT2D eigenvalue weighted by atomic mass is 32.2. The van der Waals surface area contributed by atoms with Crippen molar-refractivity contribution in [2.24, 2.45) is 5.41 Å². The van der Waals surface area contributed by atoms with Crippen LogP contribution in [0.2, 0.25) is 0 Å². The van der Waals surface area contributed by atoms with E-state index in [-0.39, 0.29) is 11.3 Å². The Morgan fingerprint density at radius 2 is 1.69 bits per heavy atom. The summed E-state index contributed by atoms with van der Waals surface area (Å²) in [5, 5.41) is 2.96. The number of ether oxygens (including phenoxy) is 1. The van der Waals surface area contributed by atoms with Crippen LogP contribution in [0, 0.1) is 5.41 Å². The Labute approximate surface area is 211 Å². The largest absolute Gasteiger partial charge is 0.384 e. The van der Waals surface area contributed by atoms with Crippen molar-refractivity contribution in [3.8, 4) is 0 Å². The van der Waals surface area contributed by atoms with Crippen LogP contribution in [0.1, 0.15) is 51.5 Å². The quantitative estimate of drug-likeness (QED) is 0.525. The molecule has 1 amide bonds. The molecule has 3 fully saturated rings. The second-order valence-electron chi connectivity index (χ2n) is 10.8. The van der Waals surface area contributed by atoms with Gasteiger partial charge in [-0.05, 0) is 57.2 Å². The fourth-order valence-electron chi connectivity index (χ4n) is 5.45. The molecule has 8 nitrogen and oxygen atoms in total. The number of rotatable bonds is 10. The third-order valence-electron chi connectivity index (χ3n) is 8.01. The maximum absolute atomic E-state index is 13.2. The highest BCUT2D eigenvalue weighted by Gasteiger charge is 2.44. The number of carbonyl (C=O) groups is 1. The van der Waals surface area contributed by atoms with Crippen LogP contribution in [0.15, 0.2) is 29.2 Å². The van der Waals surface area contributed by atoms with Crippen LogP contribution in [-0.4, -0.2) is 93.5 Å². The fraction of sp³-hybridized carbons (Fsp3) is 0.731. The lowest BCUT2D eigenvalue weighted by Crippen LogP contribution is -2.54. The van der Waals surface area contributed by atoms with Gasteiger partial charge in [-0.3, -0.25) is 14.6 Å². The summed E-state index contributed by atoms with van der Waals surface area (Å²) in [6.45, 7) is 11.0. The van der Waals surface area contributed by atoms with Crippen LogP contribution in [0.3, 0.4) is 0 Å². The van der Waals surface area contributed by atoms with Crippen molar-refractivity contribution in [2.45, 2.75) is 69.5 Å². The van der Waals surface area contributed by atoms with Crippen molar-refractivity contribution in [3.05, 3.63) is 29.8 Å². The first kappa shape index (κ1) is 26.5. The van der Waals surface area contributed by atoms with Gasteiger partial charge in [-0.25, -0.2) is 8.42 Å². The number of hydrogen-bond acceptors (Lipinski definition) is 6. The lowest BCUT2D eigenvalue weighted by molar-refractivity contribution is -0.123. The van der Waals surface area contributed by atoms with Crippen LogP contribution >= 0.6 is 0 Å². The van der Waals surface area contributed by atoms with E-state index in [0.717, 1.165) is 57.4 Å². The number of sulfonamides is 1. The molecule has 2 saturated heterocycles. The summed E-state index contributed by atoms with van der Waals surface area (Å²) < 4.78 is 33.3. The molecule has 196 valence electrons. The maximum atomic E-state index is 13.2. The third-order valence-corrected chi connectivity index (χ3v) is 9.93. The van der Waals surface area contributed by atoms with Gasteiger partial charge >= 0.3 is 0 Å². The molecular weight excluding hydrogens is 464 g/mol. The minimum atomic E-state index is -3.50. The van der Waals surface area contributed by atoms with Crippen molar-refractivity contribution >= 4 is 15.9 Å². The number of amides is 1. The minimum absolute atomic E-state index is 0.0183. The molecule has 4 rings (SSSR count). The molecule has 1 saturated carbocycles. The van der Waals surface area contributed by atoms with Crippen molar-refractivity contribution < 1.29 is 17.9 Å². The molecular formula is C26H42N4O4S. The lowest BCUT2D eigenvalue weighted by Gasteiger charge is -2.43. The number of hydrogen-bond donors (Lipinski definition) is 1. The van der Waals surface area contributed by atoms with Crippen LogP contribution in [0.4, 0.5) is 0 Å². The van der Waals surface area contributed by atoms with Gasteiger partial charge in [-0.2, -0.15) is 4.31 Å². The first-order chi connectivity index (χ1) is 16.7. The van der Waals surface area contributed by atoms with Gasteiger partial charge in [0.2, 0.25) is 15.9 Å². The lowest BCUT2D eigenvalue weighted by atomic mass is 10.0. The Morgan fingerprint density at radius 3 is 2.23 bits per heavy atom. The summed E-state index contributed by atoms with van der Waals surface area (Å²) in [7, 11) is -1.83. The zero-order valence-corrected chi connectivity index (χ0v) is 22.4. The summed E-state index contributed by atoms with van der Waals surface area (Å²) in [4.78, 5) is 17.7. The van der Waals surface area contributed by atoms with Crippen LogP contribution in [0.25, 0.3) is 0 Å². The van der Waals surface area contributed by atoms with E-state index in [1.807, 2.05) is 0 Å². The van der Waals surface area contributed by atoms with E-state index in [1.165, 1.54) is 0 Å². The standard InChI is InChI=1S/C26H42N4O4S/c1-21(2)28-14-16-29(17-15-28)23-8-12-30(13-9-23)35(32,33)24-6-4-22(5-7-24)19-27-25(31)18-26(10-11-26)20-34-3/h4-7,21,23H,8-20H2,1-3H3,(H,27,31). The predicted molar refractivity (Wildman–Crippen MR) is 137 cm³/mol. The van der Waals surface area contributed by atoms with E-state index in [4.69, 9.17) is 4.74 Å². The SMILES string of the molecule is COCC1(CC(=O)NCc2ccc(S(=O)(=O)N3CCC(N4CCN(C(C)C)CC4)CC3)cc2)CC1. The first-order valence-electron chi connectivity index (χ1n) is 13.1. The zero-order chi connectivity index (χ0) is 25.1. The topological polar surface area (TPSA) is 82.2 Å². The second kappa shape index (κ2) is 11.3. The number of benzene rings is 1. The molecule has 1 aromatic carbocycles. The van der Waals surface area contributed by atoms with Gasteiger partial charge in [-0.15, -0.1) is 0 Å². The molecule has 0 bridgehead atoms. The van der Waals surface area contributed by atoms with Gasteiger partial charge in [0.15, 0.2) is 0 Å². The smallest absolute Gasteiger partial charge is 0.243 e. The summed E-state index contributed by atoms with van der Waals surface area (Å²) >= 11 is 0. The van der Waals surface area contributed by atoms with Gasteiger partial charge in [0.05, 0.1) is 11.5 Å². The Bertz CT molecular complexity index is 946. The molecule has 0 atom stereocenters. The summed E-state index contributed by atoms with van der Waals surface area (Å²) in [6, 6.07) is 8.00. The number of nitrogens with zero attached hydrogens (tertiary/aromatic N) is 3. The number of carbonyl (C=O) groups excluding carboxylic acids is 1.